The lowest BCUT2D eigenvalue weighted by Gasteiger charge is -2.36. The van der Waals surface area contributed by atoms with E-state index in [0.29, 0.717) is 13.1 Å². The van der Waals surface area contributed by atoms with Gasteiger partial charge in [0, 0.05) is 12.1 Å². The monoisotopic (exact) mass is 327 g/mol. The van der Waals surface area contributed by atoms with Gasteiger partial charge >= 0.3 is 0 Å². The van der Waals surface area contributed by atoms with Crippen LogP contribution in [0.1, 0.15) is 39.6 Å². The minimum absolute atomic E-state index is 0.0233. The summed E-state index contributed by atoms with van der Waals surface area (Å²) in [7, 11) is 0. The summed E-state index contributed by atoms with van der Waals surface area (Å²) in [6.45, 7) is 9.11. The number of hydrogen-bond donors (Lipinski definition) is 1. The molecule has 0 aliphatic carbocycles. The first kappa shape index (κ1) is 16.6. The number of nitrogens with two attached hydrogens (primary N) is 1. The predicted molar refractivity (Wildman–Crippen MR) is 93.0 cm³/mol. The van der Waals surface area contributed by atoms with Crippen LogP contribution in [0.3, 0.4) is 0 Å². The molecule has 1 aliphatic heterocycles. The molecular weight excluding hydrogens is 302 g/mol. The number of rotatable bonds is 2. The number of benzene rings is 1. The highest BCUT2D eigenvalue weighted by atomic mass is 16.2. The van der Waals surface area contributed by atoms with Crippen molar-refractivity contribution in [3.8, 4) is 11.4 Å². The van der Waals surface area contributed by atoms with Crippen molar-refractivity contribution in [1.82, 2.24) is 19.7 Å². The maximum Gasteiger partial charge on any atom is 0.240 e. The molecule has 0 saturated carbocycles. The maximum atomic E-state index is 12.7. The van der Waals surface area contributed by atoms with Gasteiger partial charge in [0.05, 0.1) is 18.6 Å². The summed E-state index contributed by atoms with van der Waals surface area (Å²) in [4.78, 5) is 14.5. The molecular formula is C18H25N5O. The average Bonchev–Trinajstić information content (AvgIpc) is 2.98. The summed E-state index contributed by atoms with van der Waals surface area (Å²) >= 11 is 0. The zero-order valence-electron chi connectivity index (χ0n) is 14.7. The Hall–Kier alpha value is -2.21. The van der Waals surface area contributed by atoms with Crippen LogP contribution in [-0.4, -0.2) is 38.2 Å². The van der Waals surface area contributed by atoms with Crippen LogP contribution in [0, 0.1) is 5.41 Å². The van der Waals surface area contributed by atoms with E-state index in [1.807, 2.05) is 51.1 Å². The number of nitrogens with zero attached hydrogens (tertiary/aromatic N) is 4. The molecule has 1 amide bonds. The lowest BCUT2D eigenvalue weighted by molar-refractivity contribution is -0.137. The van der Waals surface area contributed by atoms with Crippen molar-refractivity contribution in [2.24, 2.45) is 11.1 Å². The molecule has 6 heteroatoms. The fraction of sp³-hybridized carbons (Fsp3) is 0.500. The van der Waals surface area contributed by atoms with Crippen LogP contribution in [0.15, 0.2) is 30.3 Å². The lowest BCUT2D eigenvalue weighted by atomic mass is 9.86. The number of carbonyl (C=O) groups is 1. The van der Waals surface area contributed by atoms with E-state index >= 15 is 0 Å². The first-order valence-electron chi connectivity index (χ1n) is 8.32. The third-order valence-corrected chi connectivity index (χ3v) is 4.57. The van der Waals surface area contributed by atoms with Gasteiger partial charge in [0.2, 0.25) is 5.91 Å². The molecule has 0 fully saturated rings. The van der Waals surface area contributed by atoms with E-state index in [-0.39, 0.29) is 17.4 Å². The first-order chi connectivity index (χ1) is 11.3. The Labute approximate surface area is 142 Å². The molecule has 128 valence electrons. The highest BCUT2D eigenvalue weighted by Gasteiger charge is 2.35. The van der Waals surface area contributed by atoms with Crippen LogP contribution >= 0.6 is 0 Å². The summed E-state index contributed by atoms with van der Waals surface area (Å²) < 4.78 is 2.13. The smallest absolute Gasteiger partial charge is 0.240 e. The summed E-state index contributed by atoms with van der Waals surface area (Å²) in [6.07, 6.45) is 0. The van der Waals surface area contributed by atoms with Gasteiger partial charge in [-0.25, -0.2) is 0 Å². The number of amides is 1. The van der Waals surface area contributed by atoms with Crippen molar-refractivity contribution in [3.63, 3.8) is 0 Å². The van der Waals surface area contributed by atoms with E-state index in [4.69, 9.17) is 5.73 Å². The lowest BCUT2D eigenvalue weighted by Crippen LogP contribution is -2.52. The Morgan fingerprint density at radius 2 is 1.92 bits per heavy atom. The van der Waals surface area contributed by atoms with Crippen LogP contribution in [0.25, 0.3) is 11.4 Å². The molecule has 0 saturated heterocycles. The zero-order chi connectivity index (χ0) is 17.5. The number of hydrogen-bond acceptors (Lipinski definition) is 4. The molecule has 2 N–H and O–H groups in total. The van der Waals surface area contributed by atoms with Crippen molar-refractivity contribution in [2.75, 3.05) is 6.54 Å². The van der Waals surface area contributed by atoms with E-state index in [0.717, 1.165) is 17.2 Å². The highest BCUT2D eigenvalue weighted by Crippen LogP contribution is 2.28. The van der Waals surface area contributed by atoms with E-state index < -0.39 is 6.04 Å². The normalized spacial score (nSPS) is 19.0. The quantitative estimate of drug-likeness (QED) is 0.917. The molecule has 24 heavy (non-hydrogen) atoms. The number of aromatic nitrogens is 3. The van der Waals surface area contributed by atoms with E-state index in [1.165, 1.54) is 0 Å². The molecule has 0 unspecified atom stereocenters. The molecule has 1 aromatic heterocycles. The molecule has 1 aromatic carbocycles. The average molecular weight is 327 g/mol. The van der Waals surface area contributed by atoms with Crippen LogP contribution in [-0.2, 0) is 11.3 Å². The maximum absolute atomic E-state index is 12.7. The Balaban J connectivity index is 1.88. The topological polar surface area (TPSA) is 77.0 Å². The van der Waals surface area contributed by atoms with Crippen molar-refractivity contribution < 1.29 is 4.79 Å². The van der Waals surface area contributed by atoms with Gasteiger partial charge in [-0.2, -0.15) is 0 Å². The molecule has 0 spiro atoms. The van der Waals surface area contributed by atoms with Gasteiger partial charge in [-0.15, -0.1) is 10.2 Å². The van der Waals surface area contributed by atoms with Gasteiger partial charge in [0.25, 0.3) is 0 Å². The van der Waals surface area contributed by atoms with Crippen molar-refractivity contribution in [2.45, 2.75) is 46.3 Å². The first-order valence-corrected chi connectivity index (χ1v) is 8.32. The molecule has 0 radical (unpaired) electrons. The second-order valence-corrected chi connectivity index (χ2v) is 7.59. The fourth-order valence-electron chi connectivity index (χ4n) is 3.05. The SMILES string of the molecule is C[C@H]1CN(C(=O)[C@@H](N)C(C)(C)C)Cc2nnc(-c3ccccc3)n21. The molecule has 2 aromatic rings. The van der Waals surface area contributed by atoms with Gasteiger partial charge in [0.1, 0.15) is 0 Å². The molecule has 3 rings (SSSR count). The van der Waals surface area contributed by atoms with E-state index in [9.17, 15) is 4.79 Å². The second-order valence-electron chi connectivity index (χ2n) is 7.59. The summed E-state index contributed by atoms with van der Waals surface area (Å²) in [5, 5.41) is 8.67. The summed E-state index contributed by atoms with van der Waals surface area (Å²) in [5.74, 6) is 1.64. The summed E-state index contributed by atoms with van der Waals surface area (Å²) in [5.41, 5.74) is 6.93. The van der Waals surface area contributed by atoms with Crippen LogP contribution in [0.2, 0.25) is 0 Å². The van der Waals surface area contributed by atoms with E-state index in [1.54, 1.807) is 4.90 Å². The Bertz CT molecular complexity index is 732. The predicted octanol–water partition coefficient (Wildman–Crippen LogP) is 2.22. The van der Waals surface area contributed by atoms with Crippen LogP contribution in [0.5, 0.6) is 0 Å². The third-order valence-electron chi connectivity index (χ3n) is 4.57. The Morgan fingerprint density at radius 1 is 1.25 bits per heavy atom. The molecule has 0 bridgehead atoms. The van der Waals surface area contributed by atoms with Gasteiger partial charge in [0.15, 0.2) is 11.6 Å². The van der Waals surface area contributed by atoms with Crippen molar-refractivity contribution in [3.05, 3.63) is 36.2 Å². The van der Waals surface area contributed by atoms with E-state index in [2.05, 4.69) is 21.7 Å². The number of carbonyl (C=O) groups excluding carboxylic acids is 1. The Kier molecular flexibility index (Phi) is 4.17. The zero-order valence-corrected chi connectivity index (χ0v) is 14.7. The van der Waals surface area contributed by atoms with Gasteiger partial charge in [-0.3, -0.25) is 4.79 Å². The minimum atomic E-state index is -0.521. The molecule has 2 atom stereocenters. The van der Waals surface area contributed by atoms with Gasteiger partial charge < -0.3 is 15.2 Å². The van der Waals surface area contributed by atoms with Crippen LogP contribution < -0.4 is 5.73 Å². The largest absolute Gasteiger partial charge is 0.332 e. The molecule has 2 heterocycles. The standard InChI is InChI=1S/C18H25N5O/c1-12-10-22(17(24)15(19)18(2,3)4)11-14-20-21-16(23(12)14)13-8-6-5-7-9-13/h5-9,12,15H,10-11,19H2,1-4H3/t12-,15+/m0/s1. The fourth-order valence-corrected chi connectivity index (χ4v) is 3.05. The number of fused-ring (bicyclic) bond motifs is 1. The third kappa shape index (κ3) is 2.94. The summed E-state index contributed by atoms with van der Waals surface area (Å²) in [6, 6.07) is 9.59. The van der Waals surface area contributed by atoms with Crippen molar-refractivity contribution >= 4 is 5.91 Å². The second kappa shape index (κ2) is 6.02. The molecule has 1 aliphatic rings. The Morgan fingerprint density at radius 3 is 2.54 bits per heavy atom. The minimum Gasteiger partial charge on any atom is -0.332 e. The van der Waals surface area contributed by atoms with Crippen molar-refractivity contribution in [1.29, 1.82) is 0 Å². The highest BCUT2D eigenvalue weighted by molar-refractivity contribution is 5.82. The van der Waals surface area contributed by atoms with Gasteiger partial charge in [-0.05, 0) is 12.3 Å². The van der Waals surface area contributed by atoms with Gasteiger partial charge in [-0.1, -0.05) is 51.1 Å². The molecule has 6 nitrogen and oxygen atoms in total. The van der Waals surface area contributed by atoms with Crippen LogP contribution in [0.4, 0.5) is 0 Å².